The Morgan fingerprint density at radius 3 is 2.50 bits per heavy atom. The predicted molar refractivity (Wildman–Crippen MR) is 147 cm³/mol. The van der Waals surface area contributed by atoms with Gasteiger partial charge in [-0.1, -0.05) is 67.1 Å². The Labute approximate surface area is 232 Å². The van der Waals surface area contributed by atoms with Crippen LogP contribution in [0.3, 0.4) is 0 Å². The molecule has 0 radical (unpaired) electrons. The third-order valence-corrected chi connectivity index (χ3v) is 8.47. The van der Waals surface area contributed by atoms with Crippen LogP contribution in [0.2, 0.25) is 0 Å². The lowest BCUT2D eigenvalue weighted by molar-refractivity contribution is -0.0159. The molecule has 3 aliphatic rings. The highest BCUT2D eigenvalue weighted by molar-refractivity contribution is 5.98. The fourth-order valence-electron chi connectivity index (χ4n) is 6.52. The van der Waals surface area contributed by atoms with Crippen LogP contribution < -0.4 is 5.32 Å². The first kappa shape index (κ1) is 25.9. The van der Waals surface area contributed by atoms with Crippen LogP contribution in [0, 0.1) is 0 Å². The smallest absolute Gasteiger partial charge is 0.407 e. The van der Waals surface area contributed by atoms with E-state index in [-0.39, 0.29) is 37.6 Å². The lowest BCUT2D eigenvalue weighted by atomic mass is 9.80. The van der Waals surface area contributed by atoms with Crippen molar-refractivity contribution in [2.45, 2.75) is 49.8 Å². The summed E-state index contributed by atoms with van der Waals surface area (Å²) in [6, 6.07) is 19.0. The second kappa shape index (κ2) is 10.7. The minimum Gasteiger partial charge on any atom is -0.465 e. The van der Waals surface area contributed by atoms with Gasteiger partial charge in [0.05, 0.1) is 30.6 Å². The highest BCUT2D eigenvalue weighted by Gasteiger charge is 2.50. The SMILES string of the molecule is O=C1NCC2(CCCCC2n2cnc(C(=O)N3CCN(C(=O)O)C[C@H]3Cc3ccccc3)c2-c2ccccc2)O1. The van der Waals surface area contributed by atoms with Gasteiger partial charge in [-0.2, -0.15) is 0 Å². The molecule has 3 fully saturated rings. The van der Waals surface area contributed by atoms with Gasteiger partial charge in [0, 0.05) is 25.2 Å². The van der Waals surface area contributed by atoms with Crippen molar-refractivity contribution in [2.24, 2.45) is 0 Å². The number of hydrogen-bond donors (Lipinski definition) is 2. The molecule has 1 spiro atoms. The molecule has 2 saturated heterocycles. The summed E-state index contributed by atoms with van der Waals surface area (Å²) in [5, 5.41) is 12.5. The van der Waals surface area contributed by atoms with Gasteiger partial charge < -0.3 is 29.5 Å². The van der Waals surface area contributed by atoms with Crippen molar-refractivity contribution < 1.29 is 24.2 Å². The van der Waals surface area contributed by atoms with Gasteiger partial charge in [-0.15, -0.1) is 0 Å². The molecule has 208 valence electrons. The van der Waals surface area contributed by atoms with Gasteiger partial charge in [0.15, 0.2) is 11.3 Å². The molecule has 3 amide bonds. The molecule has 40 heavy (non-hydrogen) atoms. The second-order valence-electron chi connectivity index (χ2n) is 10.9. The Bertz CT molecular complexity index is 1390. The van der Waals surface area contributed by atoms with Gasteiger partial charge in [0.25, 0.3) is 5.91 Å². The van der Waals surface area contributed by atoms with Crippen LogP contribution in [0.25, 0.3) is 11.3 Å². The Morgan fingerprint density at radius 2 is 1.80 bits per heavy atom. The Morgan fingerprint density at radius 1 is 1.05 bits per heavy atom. The van der Waals surface area contributed by atoms with E-state index < -0.39 is 17.8 Å². The molecule has 6 rings (SSSR count). The van der Waals surface area contributed by atoms with Gasteiger partial charge >= 0.3 is 12.2 Å². The number of aromatic nitrogens is 2. The Hall–Kier alpha value is -4.34. The second-order valence-corrected chi connectivity index (χ2v) is 10.9. The first-order chi connectivity index (χ1) is 19.4. The van der Waals surface area contributed by atoms with E-state index in [0.29, 0.717) is 24.4 Å². The number of carbonyl (C=O) groups excluding carboxylic acids is 2. The predicted octanol–water partition coefficient (Wildman–Crippen LogP) is 4.19. The molecule has 1 aromatic heterocycles. The molecule has 3 heterocycles. The van der Waals surface area contributed by atoms with E-state index in [1.54, 1.807) is 11.2 Å². The normalized spacial score (nSPS) is 24.6. The minimum absolute atomic E-state index is 0.173. The van der Waals surface area contributed by atoms with Crippen molar-refractivity contribution in [1.29, 1.82) is 0 Å². The average molecular weight is 544 g/mol. The maximum absolute atomic E-state index is 14.3. The number of rotatable bonds is 5. The molecule has 1 saturated carbocycles. The zero-order chi connectivity index (χ0) is 27.7. The topological polar surface area (TPSA) is 117 Å². The molecule has 10 nitrogen and oxygen atoms in total. The molecule has 2 aromatic carbocycles. The maximum Gasteiger partial charge on any atom is 0.407 e. The number of carbonyl (C=O) groups is 3. The Kier molecular flexibility index (Phi) is 6.91. The summed E-state index contributed by atoms with van der Waals surface area (Å²) in [7, 11) is 0. The number of carboxylic acid groups (broad SMARTS) is 1. The van der Waals surface area contributed by atoms with Gasteiger partial charge in [0.1, 0.15) is 0 Å². The summed E-state index contributed by atoms with van der Waals surface area (Å²) in [5.74, 6) is -0.227. The van der Waals surface area contributed by atoms with Crippen molar-refractivity contribution in [1.82, 2.24) is 24.7 Å². The van der Waals surface area contributed by atoms with Crippen molar-refractivity contribution in [3.63, 3.8) is 0 Å². The molecule has 0 bridgehead atoms. The molecule has 2 aliphatic heterocycles. The summed E-state index contributed by atoms with van der Waals surface area (Å²) >= 11 is 0. The summed E-state index contributed by atoms with van der Waals surface area (Å²) in [5.41, 5.74) is 2.21. The first-order valence-electron chi connectivity index (χ1n) is 13.9. The molecule has 1 aliphatic carbocycles. The summed E-state index contributed by atoms with van der Waals surface area (Å²) in [6.07, 6.45) is 4.32. The van der Waals surface area contributed by atoms with E-state index in [2.05, 4.69) is 5.32 Å². The largest absolute Gasteiger partial charge is 0.465 e. The summed E-state index contributed by atoms with van der Waals surface area (Å²) < 4.78 is 7.93. The molecule has 3 atom stereocenters. The van der Waals surface area contributed by atoms with E-state index in [0.717, 1.165) is 36.8 Å². The molecule has 10 heteroatoms. The van der Waals surface area contributed by atoms with Crippen molar-refractivity contribution >= 4 is 18.1 Å². The molecule has 2 N–H and O–H groups in total. The number of piperazine rings is 1. The highest BCUT2D eigenvalue weighted by atomic mass is 16.6. The molecular formula is C30H33N5O5. The van der Waals surface area contributed by atoms with Crippen molar-refractivity contribution in [3.8, 4) is 11.3 Å². The number of benzene rings is 2. The maximum atomic E-state index is 14.3. The summed E-state index contributed by atoms with van der Waals surface area (Å²) in [6.45, 7) is 1.16. The lowest BCUT2D eigenvalue weighted by Crippen LogP contribution is -2.57. The molecule has 2 unspecified atom stereocenters. The van der Waals surface area contributed by atoms with Crippen LogP contribution >= 0.6 is 0 Å². The van der Waals surface area contributed by atoms with E-state index in [9.17, 15) is 19.5 Å². The standard InChI is InChI=1S/C30H33N5O5/c36-27(34-16-15-33(29(38)39)18-23(34)17-21-9-3-1-4-10-21)25-26(22-11-5-2-6-12-22)35(20-32-25)24-13-7-8-14-30(24)19-31-28(37)40-30/h1-6,9-12,20,23-24H,7-8,13-19H2,(H,31,37)(H,38,39)/t23-,24?,30?/m1/s1. The third-order valence-electron chi connectivity index (χ3n) is 8.47. The van der Waals surface area contributed by atoms with E-state index in [4.69, 9.17) is 9.72 Å². The summed E-state index contributed by atoms with van der Waals surface area (Å²) in [4.78, 5) is 46.2. The van der Waals surface area contributed by atoms with Gasteiger partial charge in [-0.3, -0.25) is 4.79 Å². The fraction of sp³-hybridized carbons (Fsp3) is 0.400. The van der Waals surface area contributed by atoms with E-state index in [1.165, 1.54) is 4.90 Å². The zero-order valence-corrected chi connectivity index (χ0v) is 22.2. The Balaban J connectivity index is 1.39. The zero-order valence-electron chi connectivity index (χ0n) is 22.2. The minimum atomic E-state index is -0.985. The molecular weight excluding hydrogens is 510 g/mol. The average Bonchev–Trinajstić information content (AvgIpc) is 3.58. The fourth-order valence-corrected chi connectivity index (χ4v) is 6.52. The number of nitrogens with zero attached hydrogens (tertiary/aromatic N) is 4. The first-order valence-corrected chi connectivity index (χ1v) is 13.9. The monoisotopic (exact) mass is 543 g/mol. The van der Waals surface area contributed by atoms with E-state index in [1.807, 2.05) is 65.2 Å². The third kappa shape index (κ3) is 4.78. The number of imidazole rings is 1. The van der Waals surface area contributed by atoms with Crippen molar-refractivity contribution in [3.05, 3.63) is 78.2 Å². The van der Waals surface area contributed by atoms with Crippen LogP contribution in [0.4, 0.5) is 9.59 Å². The van der Waals surface area contributed by atoms with Gasteiger partial charge in [-0.05, 0) is 31.2 Å². The quantitative estimate of drug-likeness (QED) is 0.499. The highest BCUT2D eigenvalue weighted by Crippen LogP contribution is 2.44. The van der Waals surface area contributed by atoms with E-state index >= 15 is 0 Å². The van der Waals surface area contributed by atoms with Crippen LogP contribution in [0.1, 0.15) is 47.8 Å². The van der Waals surface area contributed by atoms with Crippen molar-refractivity contribution in [2.75, 3.05) is 26.2 Å². The van der Waals surface area contributed by atoms with Crippen LogP contribution in [0.15, 0.2) is 67.0 Å². The molecule has 3 aromatic rings. The van der Waals surface area contributed by atoms with Crippen LogP contribution in [-0.2, 0) is 11.2 Å². The number of nitrogens with one attached hydrogen (secondary N) is 1. The number of ether oxygens (including phenoxy) is 1. The van der Waals surface area contributed by atoms with Crippen LogP contribution in [-0.4, -0.2) is 80.4 Å². The number of hydrogen-bond acceptors (Lipinski definition) is 5. The van der Waals surface area contributed by atoms with Gasteiger partial charge in [0.2, 0.25) is 0 Å². The lowest BCUT2D eigenvalue weighted by Gasteiger charge is -2.41. The van der Waals surface area contributed by atoms with Crippen LogP contribution in [0.5, 0.6) is 0 Å². The van der Waals surface area contributed by atoms with Gasteiger partial charge in [-0.25, -0.2) is 14.6 Å². The number of amides is 3. The number of alkyl carbamates (subject to hydrolysis) is 1.